The van der Waals surface area contributed by atoms with Crippen molar-refractivity contribution in [3.63, 3.8) is 0 Å². The van der Waals surface area contributed by atoms with Gasteiger partial charge in [0.25, 0.3) is 0 Å². The first-order valence-electron chi connectivity index (χ1n) is 8.50. The van der Waals surface area contributed by atoms with Gasteiger partial charge in [-0.1, -0.05) is 44.2 Å². The minimum absolute atomic E-state index is 0.504. The Labute approximate surface area is 171 Å². The molecule has 128 valence electrons. The summed E-state index contributed by atoms with van der Waals surface area (Å²) in [6.07, 6.45) is 0. The lowest BCUT2D eigenvalue weighted by Gasteiger charge is -2.17. The molecule has 0 N–H and O–H groups in total. The van der Waals surface area contributed by atoms with Crippen molar-refractivity contribution in [1.29, 1.82) is 5.26 Å². The first kappa shape index (κ1) is 17.3. The second kappa shape index (κ2) is 6.90. The van der Waals surface area contributed by atoms with E-state index >= 15 is 0 Å². The number of hydrogen-bond donors (Lipinski definition) is 0. The number of rotatable bonds is 3. The third-order valence-electron chi connectivity index (χ3n) is 4.59. The zero-order valence-corrected chi connectivity index (χ0v) is 17.5. The molecule has 1 heterocycles. The fraction of sp³-hybridized carbons (Fsp3) is 0.136. The molecule has 26 heavy (non-hydrogen) atoms. The van der Waals surface area contributed by atoms with Crippen LogP contribution in [0.5, 0.6) is 0 Å². The van der Waals surface area contributed by atoms with Gasteiger partial charge < -0.3 is 0 Å². The molecule has 0 saturated heterocycles. The number of fused-ring (bicyclic) bond motifs is 3. The lowest BCUT2D eigenvalue weighted by molar-refractivity contribution is 0.878. The second-order valence-corrected chi connectivity index (χ2v) is 8.56. The lowest BCUT2D eigenvalue weighted by atomic mass is 10.0. The van der Waals surface area contributed by atoms with Crippen LogP contribution in [-0.4, -0.2) is 0 Å². The Balaban J connectivity index is 1.91. The molecule has 3 aromatic carbocycles. The highest BCUT2D eigenvalue weighted by Gasteiger charge is 2.16. The van der Waals surface area contributed by atoms with Crippen LogP contribution in [0.15, 0.2) is 60.7 Å². The minimum atomic E-state index is 0.504. The molecule has 0 radical (unpaired) electrons. The third kappa shape index (κ3) is 2.85. The molecular weight excluding hydrogens is 451 g/mol. The van der Waals surface area contributed by atoms with Crippen molar-refractivity contribution >= 4 is 65.7 Å². The van der Waals surface area contributed by atoms with Crippen LogP contribution in [0.25, 0.3) is 20.2 Å². The average Bonchev–Trinajstić information content (AvgIpc) is 3.06. The maximum atomic E-state index is 9.01. The van der Waals surface area contributed by atoms with Gasteiger partial charge in [0.1, 0.15) is 0 Å². The molecule has 0 fully saturated rings. The van der Waals surface area contributed by atoms with E-state index in [4.69, 9.17) is 5.26 Å². The van der Waals surface area contributed by atoms with Gasteiger partial charge in [-0.15, -0.1) is 11.3 Å². The molecule has 2 nitrogen and oxygen atoms in total. The molecule has 4 aromatic rings. The quantitative estimate of drug-likeness (QED) is 0.230. The van der Waals surface area contributed by atoms with Gasteiger partial charge in [-0.3, -0.25) is 3.11 Å². The summed E-state index contributed by atoms with van der Waals surface area (Å²) in [5.74, 6) is 0.504. The maximum absolute atomic E-state index is 9.01. The fourth-order valence-electron chi connectivity index (χ4n) is 3.24. The van der Waals surface area contributed by atoms with Gasteiger partial charge in [0.05, 0.1) is 50.6 Å². The van der Waals surface area contributed by atoms with Crippen molar-refractivity contribution in [3.8, 4) is 6.07 Å². The maximum Gasteiger partial charge on any atom is 0.0991 e. The summed E-state index contributed by atoms with van der Waals surface area (Å²) in [5, 5.41) is 11.7. The SMILES string of the molecule is CC(C)c1cccc2c1sc1c(N(I)c3ccc(C#N)cc3)cccc12. The highest BCUT2D eigenvalue weighted by molar-refractivity contribution is 14.1. The summed E-state index contributed by atoms with van der Waals surface area (Å²) >= 11 is 4.22. The standard InChI is InChI=1S/C22H17IN2S/c1-14(2)17-5-3-6-18-19-7-4-8-20(22(19)26-21(17)18)25(23)16-11-9-15(13-24)10-12-16/h3-12,14H,1-2H3. The molecule has 0 aliphatic carbocycles. The van der Waals surface area contributed by atoms with E-state index in [-0.39, 0.29) is 0 Å². The molecular formula is C22H17IN2S. The number of anilines is 2. The molecule has 0 aliphatic heterocycles. The van der Waals surface area contributed by atoms with Crippen molar-refractivity contribution < 1.29 is 0 Å². The van der Waals surface area contributed by atoms with E-state index in [1.807, 2.05) is 35.6 Å². The average molecular weight is 468 g/mol. The van der Waals surface area contributed by atoms with Gasteiger partial charge in [-0.05, 0) is 41.8 Å². The third-order valence-corrected chi connectivity index (χ3v) is 6.96. The largest absolute Gasteiger partial charge is 0.282 e. The number of hydrogen-bond acceptors (Lipinski definition) is 3. The fourth-order valence-corrected chi connectivity index (χ4v) is 5.60. The number of thiophene rings is 1. The van der Waals surface area contributed by atoms with Crippen molar-refractivity contribution in [2.24, 2.45) is 0 Å². The van der Waals surface area contributed by atoms with E-state index in [1.165, 1.54) is 31.4 Å². The van der Waals surface area contributed by atoms with Gasteiger partial charge in [-0.25, -0.2) is 0 Å². The van der Waals surface area contributed by atoms with E-state index in [0.717, 1.165) is 5.69 Å². The monoisotopic (exact) mass is 468 g/mol. The molecule has 0 unspecified atom stereocenters. The Kier molecular flexibility index (Phi) is 4.60. The molecule has 0 atom stereocenters. The first-order valence-corrected chi connectivity index (χ1v) is 10.3. The number of nitriles is 1. The van der Waals surface area contributed by atoms with Crippen LogP contribution in [-0.2, 0) is 0 Å². The Morgan fingerprint density at radius 1 is 0.923 bits per heavy atom. The smallest absolute Gasteiger partial charge is 0.0991 e. The van der Waals surface area contributed by atoms with Crippen LogP contribution in [0, 0.1) is 11.3 Å². The molecule has 0 bridgehead atoms. The van der Waals surface area contributed by atoms with Gasteiger partial charge >= 0.3 is 0 Å². The van der Waals surface area contributed by atoms with Crippen LogP contribution >= 0.6 is 34.2 Å². The first-order chi connectivity index (χ1) is 12.6. The predicted molar refractivity (Wildman–Crippen MR) is 121 cm³/mol. The number of nitrogens with zero attached hydrogens (tertiary/aromatic N) is 2. The molecule has 0 spiro atoms. The molecule has 0 saturated carbocycles. The normalized spacial score (nSPS) is 11.2. The lowest BCUT2D eigenvalue weighted by Crippen LogP contribution is -2.00. The van der Waals surface area contributed by atoms with Crippen molar-refractivity contribution in [2.75, 3.05) is 3.11 Å². The van der Waals surface area contributed by atoms with Gasteiger partial charge in [-0.2, -0.15) is 5.26 Å². The van der Waals surface area contributed by atoms with Gasteiger partial charge in [0, 0.05) is 15.5 Å². The van der Waals surface area contributed by atoms with Crippen molar-refractivity contribution in [1.82, 2.24) is 0 Å². The minimum Gasteiger partial charge on any atom is -0.282 e. The Morgan fingerprint density at radius 3 is 2.23 bits per heavy atom. The highest BCUT2D eigenvalue weighted by atomic mass is 127. The second-order valence-electron chi connectivity index (χ2n) is 6.57. The highest BCUT2D eigenvalue weighted by Crippen LogP contribution is 2.44. The van der Waals surface area contributed by atoms with E-state index < -0.39 is 0 Å². The van der Waals surface area contributed by atoms with E-state index in [2.05, 4.69) is 82.3 Å². The van der Waals surface area contributed by atoms with Gasteiger partial charge in [0.15, 0.2) is 0 Å². The van der Waals surface area contributed by atoms with E-state index in [0.29, 0.717) is 11.5 Å². The molecule has 4 rings (SSSR count). The summed E-state index contributed by atoms with van der Waals surface area (Å²) in [6, 6.07) is 23.0. The van der Waals surface area contributed by atoms with E-state index in [9.17, 15) is 0 Å². The number of benzene rings is 3. The molecule has 1 aromatic heterocycles. The Bertz CT molecular complexity index is 1140. The molecule has 0 aliphatic rings. The summed E-state index contributed by atoms with van der Waals surface area (Å²) in [5.41, 5.74) is 4.34. The van der Waals surface area contributed by atoms with Crippen molar-refractivity contribution in [2.45, 2.75) is 19.8 Å². The van der Waals surface area contributed by atoms with Crippen LogP contribution in [0.4, 0.5) is 11.4 Å². The summed E-state index contributed by atoms with van der Waals surface area (Å²) in [6.45, 7) is 4.50. The van der Waals surface area contributed by atoms with Crippen LogP contribution in [0.3, 0.4) is 0 Å². The van der Waals surface area contributed by atoms with Crippen molar-refractivity contribution in [3.05, 3.63) is 71.8 Å². The zero-order chi connectivity index (χ0) is 18.3. The van der Waals surface area contributed by atoms with E-state index in [1.54, 1.807) is 0 Å². The van der Waals surface area contributed by atoms with Gasteiger partial charge in [0.2, 0.25) is 0 Å². The zero-order valence-electron chi connectivity index (χ0n) is 14.5. The summed E-state index contributed by atoms with van der Waals surface area (Å²) in [4.78, 5) is 0. The Hall–Kier alpha value is -2.10. The van der Waals surface area contributed by atoms with Crippen LogP contribution in [0.1, 0.15) is 30.9 Å². The summed E-state index contributed by atoms with van der Waals surface area (Å²) < 4.78 is 4.86. The van der Waals surface area contributed by atoms with Crippen LogP contribution in [0.2, 0.25) is 0 Å². The Morgan fingerprint density at radius 2 is 1.58 bits per heavy atom. The van der Waals surface area contributed by atoms with Crippen LogP contribution < -0.4 is 3.11 Å². The molecule has 4 heteroatoms. The number of halogens is 1. The summed E-state index contributed by atoms with van der Waals surface area (Å²) in [7, 11) is 0. The predicted octanol–water partition coefficient (Wildman–Crippen LogP) is 7.54. The topological polar surface area (TPSA) is 27.0 Å². The molecule has 0 amide bonds.